The Morgan fingerprint density at radius 1 is 1.17 bits per heavy atom. The average Bonchev–Trinajstić information content (AvgIpc) is 2.73. The summed E-state index contributed by atoms with van der Waals surface area (Å²) in [6.45, 7) is 3.01. The number of nitrogen functional groups attached to an aromatic ring is 1. The molecule has 0 aliphatic carbocycles. The third-order valence-electron chi connectivity index (χ3n) is 4.81. The molecular weight excluding hydrogens is 368 g/mol. The highest BCUT2D eigenvalue weighted by molar-refractivity contribution is 5.92. The van der Waals surface area contributed by atoms with Gasteiger partial charge in [-0.25, -0.2) is 15.0 Å². The summed E-state index contributed by atoms with van der Waals surface area (Å²) in [6, 6.07) is 11.1. The molecule has 29 heavy (non-hydrogen) atoms. The normalized spacial score (nSPS) is 16.4. The summed E-state index contributed by atoms with van der Waals surface area (Å²) < 4.78 is 5.79. The van der Waals surface area contributed by atoms with Crippen LogP contribution in [0.3, 0.4) is 0 Å². The maximum absolute atomic E-state index is 12.9. The Morgan fingerprint density at radius 3 is 2.79 bits per heavy atom. The molecule has 148 valence electrons. The third kappa shape index (κ3) is 4.48. The smallest absolute Gasteiger partial charge is 0.272 e. The first-order chi connectivity index (χ1) is 14.1. The maximum atomic E-state index is 12.9. The minimum absolute atomic E-state index is 0.0832. The number of amides is 1. The molecule has 4 rings (SSSR count). The van der Waals surface area contributed by atoms with Crippen LogP contribution in [0.2, 0.25) is 0 Å². The summed E-state index contributed by atoms with van der Waals surface area (Å²) in [5.74, 6) is 1.20. The van der Waals surface area contributed by atoms with Crippen molar-refractivity contribution in [1.29, 1.82) is 0 Å². The monoisotopic (exact) mass is 390 g/mol. The van der Waals surface area contributed by atoms with Gasteiger partial charge in [-0.05, 0) is 38.0 Å². The van der Waals surface area contributed by atoms with E-state index in [1.54, 1.807) is 30.3 Å². The van der Waals surface area contributed by atoms with Gasteiger partial charge in [-0.3, -0.25) is 9.78 Å². The molecule has 0 bridgehead atoms. The van der Waals surface area contributed by atoms with E-state index in [4.69, 9.17) is 10.5 Å². The Balaban J connectivity index is 1.49. The minimum Gasteiger partial charge on any atom is -0.437 e. The number of nitrogens with zero attached hydrogens (tertiary/aromatic N) is 5. The molecule has 8 nitrogen and oxygen atoms in total. The Kier molecular flexibility index (Phi) is 5.33. The van der Waals surface area contributed by atoms with Crippen LogP contribution >= 0.6 is 0 Å². The third-order valence-corrected chi connectivity index (χ3v) is 4.81. The van der Waals surface area contributed by atoms with Gasteiger partial charge in [-0.2, -0.15) is 0 Å². The van der Waals surface area contributed by atoms with Crippen LogP contribution in [-0.4, -0.2) is 43.8 Å². The molecule has 0 spiro atoms. The second-order valence-corrected chi connectivity index (χ2v) is 7.04. The Bertz CT molecular complexity index is 991. The molecule has 2 aromatic heterocycles. The van der Waals surface area contributed by atoms with Crippen LogP contribution in [0.15, 0.2) is 48.8 Å². The highest BCUT2D eigenvalue weighted by atomic mass is 16.5. The first-order valence-electron chi connectivity index (χ1n) is 9.54. The van der Waals surface area contributed by atoms with Gasteiger partial charge < -0.3 is 15.4 Å². The predicted molar refractivity (Wildman–Crippen MR) is 108 cm³/mol. The number of anilines is 1. The van der Waals surface area contributed by atoms with Crippen molar-refractivity contribution in [3.63, 3.8) is 0 Å². The predicted octanol–water partition coefficient (Wildman–Crippen LogP) is 2.97. The van der Waals surface area contributed by atoms with Gasteiger partial charge in [0.2, 0.25) is 11.8 Å². The second-order valence-electron chi connectivity index (χ2n) is 7.04. The standard InChI is InChI=1S/C21H22N6O2/c1-14-10-17(26-21(22)24-14)20(28)27-9-5-6-15(13-27)18-11-23-12-19(25-18)29-16-7-3-2-4-8-16/h2-4,7-8,10-12,15H,5-6,9,13H2,1H3,(H2,22,24,26)/t15-/m1/s1. The van der Waals surface area contributed by atoms with Crippen LogP contribution in [0, 0.1) is 6.92 Å². The van der Waals surface area contributed by atoms with E-state index >= 15 is 0 Å². The molecule has 0 unspecified atom stereocenters. The van der Waals surface area contributed by atoms with Crippen LogP contribution in [0.1, 0.15) is 40.6 Å². The molecule has 1 aliphatic rings. The van der Waals surface area contributed by atoms with Crippen molar-refractivity contribution in [2.75, 3.05) is 18.8 Å². The quantitative estimate of drug-likeness (QED) is 0.730. The van der Waals surface area contributed by atoms with E-state index in [0.29, 0.717) is 36.1 Å². The van der Waals surface area contributed by atoms with Crippen LogP contribution in [0.4, 0.5) is 5.95 Å². The number of para-hydroxylation sites is 1. The van der Waals surface area contributed by atoms with Gasteiger partial charge in [0.1, 0.15) is 11.4 Å². The van der Waals surface area contributed by atoms with Crippen molar-refractivity contribution in [2.45, 2.75) is 25.7 Å². The maximum Gasteiger partial charge on any atom is 0.272 e. The molecular formula is C21H22N6O2. The number of hydrogen-bond donors (Lipinski definition) is 1. The van der Waals surface area contributed by atoms with Gasteiger partial charge in [-0.1, -0.05) is 18.2 Å². The van der Waals surface area contributed by atoms with Gasteiger partial charge in [-0.15, -0.1) is 0 Å². The molecule has 1 atom stereocenters. The molecule has 1 saturated heterocycles. The van der Waals surface area contributed by atoms with Crippen LogP contribution in [0.25, 0.3) is 0 Å². The zero-order valence-corrected chi connectivity index (χ0v) is 16.2. The zero-order chi connectivity index (χ0) is 20.2. The number of carbonyl (C=O) groups is 1. The second kappa shape index (κ2) is 8.22. The summed E-state index contributed by atoms with van der Waals surface area (Å²) in [5.41, 5.74) is 7.51. The van der Waals surface area contributed by atoms with Crippen molar-refractivity contribution in [3.05, 3.63) is 65.9 Å². The van der Waals surface area contributed by atoms with Crippen molar-refractivity contribution in [1.82, 2.24) is 24.8 Å². The van der Waals surface area contributed by atoms with E-state index in [2.05, 4.69) is 19.9 Å². The van der Waals surface area contributed by atoms with Gasteiger partial charge in [0.15, 0.2) is 0 Å². The number of carbonyl (C=O) groups excluding carboxylic acids is 1. The Labute approximate surface area is 168 Å². The topological polar surface area (TPSA) is 107 Å². The largest absolute Gasteiger partial charge is 0.437 e. The summed E-state index contributed by atoms with van der Waals surface area (Å²) in [4.78, 5) is 31.7. The van der Waals surface area contributed by atoms with Crippen molar-refractivity contribution in [2.24, 2.45) is 0 Å². The van der Waals surface area contributed by atoms with Crippen molar-refractivity contribution < 1.29 is 9.53 Å². The number of nitrogens with two attached hydrogens (primary N) is 1. The van der Waals surface area contributed by atoms with Crippen molar-refractivity contribution >= 4 is 11.9 Å². The number of likely N-dealkylation sites (tertiary alicyclic amines) is 1. The minimum atomic E-state index is -0.142. The van der Waals surface area contributed by atoms with Gasteiger partial charge in [0, 0.05) is 30.9 Å². The van der Waals surface area contributed by atoms with E-state index < -0.39 is 0 Å². The van der Waals surface area contributed by atoms with E-state index in [0.717, 1.165) is 18.5 Å². The summed E-state index contributed by atoms with van der Waals surface area (Å²) in [5, 5.41) is 0. The number of hydrogen-bond acceptors (Lipinski definition) is 7. The van der Waals surface area contributed by atoms with E-state index in [1.165, 1.54) is 0 Å². The average molecular weight is 390 g/mol. The number of benzene rings is 1. The Hall–Kier alpha value is -3.55. The summed E-state index contributed by atoms with van der Waals surface area (Å²) in [7, 11) is 0. The molecule has 0 saturated carbocycles. The van der Waals surface area contributed by atoms with Gasteiger partial charge in [0.05, 0.1) is 11.9 Å². The lowest BCUT2D eigenvalue weighted by molar-refractivity contribution is 0.0699. The van der Waals surface area contributed by atoms with E-state index in [9.17, 15) is 4.79 Å². The highest BCUT2D eigenvalue weighted by Gasteiger charge is 2.27. The molecule has 0 radical (unpaired) electrons. The number of rotatable bonds is 4. The highest BCUT2D eigenvalue weighted by Crippen LogP contribution is 2.28. The fraction of sp³-hybridized carbons (Fsp3) is 0.286. The van der Waals surface area contributed by atoms with Crippen LogP contribution in [-0.2, 0) is 0 Å². The van der Waals surface area contributed by atoms with Gasteiger partial charge >= 0.3 is 0 Å². The molecule has 1 fully saturated rings. The number of aromatic nitrogens is 4. The first-order valence-corrected chi connectivity index (χ1v) is 9.54. The Morgan fingerprint density at radius 2 is 2.00 bits per heavy atom. The fourth-order valence-corrected chi connectivity index (χ4v) is 3.48. The molecule has 1 amide bonds. The van der Waals surface area contributed by atoms with E-state index in [-0.39, 0.29) is 17.8 Å². The lowest BCUT2D eigenvalue weighted by Crippen LogP contribution is -2.39. The molecule has 8 heteroatoms. The van der Waals surface area contributed by atoms with Crippen LogP contribution in [0.5, 0.6) is 11.6 Å². The van der Waals surface area contributed by atoms with Crippen molar-refractivity contribution in [3.8, 4) is 11.6 Å². The molecule has 2 N–H and O–H groups in total. The number of ether oxygens (including phenoxy) is 1. The lowest BCUT2D eigenvalue weighted by Gasteiger charge is -2.32. The fourth-order valence-electron chi connectivity index (χ4n) is 3.48. The molecule has 3 heterocycles. The number of aryl methyl sites for hydroxylation is 1. The van der Waals surface area contributed by atoms with E-state index in [1.807, 2.05) is 30.3 Å². The first kappa shape index (κ1) is 18.8. The lowest BCUT2D eigenvalue weighted by atomic mass is 9.95. The van der Waals surface area contributed by atoms with Crippen LogP contribution < -0.4 is 10.5 Å². The number of piperidine rings is 1. The molecule has 1 aromatic carbocycles. The summed E-state index contributed by atoms with van der Waals surface area (Å²) in [6.07, 6.45) is 5.14. The molecule has 3 aromatic rings. The summed E-state index contributed by atoms with van der Waals surface area (Å²) >= 11 is 0. The SMILES string of the molecule is Cc1cc(C(=O)N2CCC[C@@H](c3cncc(Oc4ccccc4)n3)C2)nc(N)n1. The zero-order valence-electron chi connectivity index (χ0n) is 16.2. The van der Waals surface area contributed by atoms with Gasteiger partial charge in [0.25, 0.3) is 5.91 Å². The molecule has 1 aliphatic heterocycles.